The number of benzene rings is 1. The van der Waals surface area contributed by atoms with Gasteiger partial charge in [-0.25, -0.2) is 0 Å². The smallest absolute Gasteiger partial charge is 0.311 e. The van der Waals surface area contributed by atoms with Crippen LogP contribution in [0.5, 0.6) is 5.75 Å². The predicted molar refractivity (Wildman–Crippen MR) is 91.0 cm³/mol. The lowest BCUT2D eigenvalue weighted by atomic mass is 10.2. The fraction of sp³-hybridized carbons (Fsp3) is 0.529. The summed E-state index contributed by atoms with van der Waals surface area (Å²) >= 11 is 11.8. The molecule has 4 nitrogen and oxygen atoms in total. The fourth-order valence-electron chi connectivity index (χ4n) is 1.91. The molecular formula is C17H22Cl2O4. The van der Waals surface area contributed by atoms with Crippen LogP contribution in [0.1, 0.15) is 51.9 Å². The third-order valence-electron chi connectivity index (χ3n) is 3.16. The number of carbonyl (C=O) groups excluding carboxylic acids is 2. The second kappa shape index (κ2) is 11.3. The molecule has 0 radical (unpaired) electrons. The molecule has 0 aliphatic carbocycles. The van der Waals surface area contributed by atoms with Gasteiger partial charge in [-0.05, 0) is 25.0 Å². The Balaban J connectivity index is 2.20. The van der Waals surface area contributed by atoms with Gasteiger partial charge >= 0.3 is 11.9 Å². The van der Waals surface area contributed by atoms with Crippen molar-refractivity contribution >= 4 is 35.1 Å². The standard InChI is InChI=1S/C17H22Cl2O4/c1-2-3-4-5-12-22-15(20)10-7-11-16(21)23-17-13(18)8-6-9-14(17)19/h6,8-9H,2-5,7,10-12H2,1H3. The number of esters is 2. The van der Waals surface area contributed by atoms with Gasteiger partial charge in [0.05, 0.1) is 16.7 Å². The van der Waals surface area contributed by atoms with Crippen molar-refractivity contribution in [3.63, 3.8) is 0 Å². The molecule has 0 saturated carbocycles. The van der Waals surface area contributed by atoms with Crippen molar-refractivity contribution in [2.45, 2.75) is 51.9 Å². The van der Waals surface area contributed by atoms with E-state index in [1.807, 2.05) is 0 Å². The highest BCUT2D eigenvalue weighted by Crippen LogP contribution is 2.32. The Labute approximate surface area is 147 Å². The molecular weight excluding hydrogens is 339 g/mol. The van der Waals surface area contributed by atoms with Crippen LogP contribution in [0, 0.1) is 0 Å². The van der Waals surface area contributed by atoms with Gasteiger partial charge in [0.2, 0.25) is 0 Å². The number of rotatable bonds is 10. The van der Waals surface area contributed by atoms with E-state index in [1.165, 1.54) is 0 Å². The lowest BCUT2D eigenvalue weighted by Crippen LogP contribution is -2.11. The Hall–Kier alpha value is -1.26. The van der Waals surface area contributed by atoms with Crippen LogP contribution in [0.3, 0.4) is 0 Å². The highest BCUT2D eigenvalue weighted by Gasteiger charge is 2.13. The zero-order chi connectivity index (χ0) is 17.1. The molecule has 6 heteroatoms. The summed E-state index contributed by atoms with van der Waals surface area (Å²) in [4.78, 5) is 23.2. The zero-order valence-electron chi connectivity index (χ0n) is 13.3. The minimum Gasteiger partial charge on any atom is -0.466 e. The van der Waals surface area contributed by atoms with Crippen LogP contribution in [-0.4, -0.2) is 18.5 Å². The normalized spacial score (nSPS) is 10.4. The number of halogens is 2. The Kier molecular flexibility index (Phi) is 9.72. The summed E-state index contributed by atoms with van der Waals surface area (Å²) in [5.41, 5.74) is 0. The molecule has 1 aromatic rings. The molecule has 0 spiro atoms. The number of unbranched alkanes of at least 4 members (excludes halogenated alkanes) is 3. The summed E-state index contributed by atoms with van der Waals surface area (Å²) < 4.78 is 10.2. The molecule has 0 heterocycles. The van der Waals surface area contributed by atoms with E-state index in [1.54, 1.807) is 18.2 Å². The van der Waals surface area contributed by atoms with Gasteiger partial charge in [0.1, 0.15) is 0 Å². The highest BCUT2D eigenvalue weighted by atomic mass is 35.5. The van der Waals surface area contributed by atoms with E-state index in [9.17, 15) is 9.59 Å². The quantitative estimate of drug-likeness (QED) is 0.327. The van der Waals surface area contributed by atoms with Crippen LogP contribution in [0.15, 0.2) is 18.2 Å². The van der Waals surface area contributed by atoms with E-state index in [4.69, 9.17) is 32.7 Å². The maximum absolute atomic E-state index is 11.7. The first-order valence-electron chi connectivity index (χ1n) is 7.85. The van der Waals surface area contributed by atoms with Gasteiger partial charge in [-0.3, -0.25) is 9.59 Å². The Morgan fingerprint density at radius 2 is 1.61 bits per heavy atom. The molecule has 1 aromatic carbocycles. The number of ether oxygens (including phenoxy) is 2. The van der Waals surface area contributed by atoms with Gasteiger partial charge in [-0.1, -0.05) is 55.5 Å². The van der Waals surface area contributed by atoms with Crippen LogP contribution in [0.25, 0.3) is 0 Å². The van der Waals surface area contributed by atoms with Gasteiger partial charge in [0.25, 0.3) is 0 Å². The highest BCUT2D eigenvalue weighted by molar-refractivity contribution is 6.37. The van der Waals surface area contributed by atoms with Crippen LogP contribution >= 0.6 is 23.2 Å². The number of hydrogen-bond acceptors (Lipinski definition) is 4. The first-order valence-corrected chi connectivity index (χ1v) is 8.60. The minimum atomic E-state index is -0.476. The molecule has 0 fully saturated rings. The second-order valence-electron chi connectivity index (χ2n) is 5.16. The van der Waals surface area contributed by atoms with Gasteiger partial charge in [0, 0.05) is 12.8 Å². The van der Waals surface area contributed by atoms with Crippen LogP contribution < -0.4 is 4.74 Å². The first-order chi connectivity index (χ1) is 11.0. The minimum absolute atomic E-state index is 0.104. The SMILES string of the molecule is CCCCCCOC(=O)CCCC(=O)Oc1c(Cl)cccc1Cl. The number of hydrogen-bond donors (Lipinski definition) is 0. The van der Waals surface area contributed by atoms with Crippen molar-refractivity contribution in [1.82, 2.24) is 0 Å². The predicted octanol–water partition coefficient (Wildman–Crippen LogP) is 5.19. The molecule has 0 amide bonds. The maximum atomic E-state index is 11.7. The molecule has 23 heavy (non-hydrogen) atoms. The average molecular weight is 361 g/mol. The third-order valence-corrected chi connectivity index (χ3v) is 3.75. The van der Waals surface area contributed by atoms with E-state index >= 15 is 0 Å². The molecule has 0 saturated heterocycles. The third kappa shape index (κ3) is 8.24. The van der Waals surface area contributed by atoms with Crippen molar-refractivity contribution in [2.75, 3.05) is 6.61 Å². The van der Waals surface area contributed by atoms with E-state index in [-0.39, 0.29) is 34.6 Å². The molecule has 0 bridgehead atoms. The second-order valence-corrected chi connectivity index (χ2v) is 5.97. The van der Waals surface area contributed by atoms with Gasteiger partial charge in [0.15, 0.2) is 5.75 Å². The van der Waals surface area contributed by atoms with Gasteiger partial charge < -0.3 is 9.47 Å². The summed E-state index contributed by atoms with van der Waals surface area (Å²) in [5, 5.41) is 0.551. The summed E-state index contributed by atoms with van der Waals surface area (Å²) in [6.07, 6.45) is 4.90. The van der Waals surface area contributed by atoms with Crippen molar-refractivity contribution in [3.05, 3.63) is 28.2 Å². The Morgan fingerprint density at radius 1 is 0.957 bits per heavy atom. The summed E-state index contributed by atoms with van der Waals surface area (Å²) in [5.74, 6) is -0.611. The molecule has 0 atom stereocenters. The van der Waals surface area contributed by atoms with E-state index in [0.717, 1.165) is 25.7 Å². The topological polar surface area (TPSA) is 52.6 Å². The average Bonchev–Trinajstić information content (AvgIpc) is 2.51. The van der Waals surface area contributed by atoms with E-state index in [2.05, 4.69) is 6.92 Å². The molecule has 0 N–H and O–H groups in total. The Morgan fingerprint density at radius 3 is 2.26 bits per heavy atom. The monoisotopic (exact) mass is 360 g/mol. The lowest BCUT2D eigenvalue weighted by Gasteiger charge is -2.08. The van der Waals surface area contributed by atoms with Crippen molar-refractivity contribution in [1.29, 1.82) is 0 Å². The van der Waals surface area contributed by atoms with Gasteiger partial charge in [-0.15, -0.1) is 0 Å². The largest absolute Gasteiger partial charge is 0.466 e. The van der Waals surface area contributed by atoms with Gasteiger partial charge in [-0.2, -0.15) is 0 Å². The molecule has 0 aliphatic rings. The zero-order valence-corrected chi connectivity index (χ0v) is 14.8. The van der Waals surface area contributed by atoms with Crippen LogP contribution in [-0.2, 0) is 14.3 Å². The lowest BCUT2D eigenvalue weighted by molar-refractivity contribution is -0.144. The molecule has 0 aliphatic heterocycles. The number of carbonyl (C=O) groups is 2. The van der Waals surface area contributed by atoms with Crippen molar-refractivity contribution < 1.29 is 19.1 Å². The summed E-state index contributed by atoms with van der Waals surface area (Å²) in [6.45, 7) is 2.57. The number of para-hydroxylation sites is 1. The molecule has 1 rings (SSSR count). The van der Waals surface area contributed by atoms with Crippen LogP contribution in [0.4, 0.5) is 0 Å². The molecule has 0 unspecified atom stereocenters. The summed E-state index contributed by atoms with van der Waals surface area (Å²) in [6, 6.07) is 4.84. The van der Waals surface area contributed by atoms with Crippen molar-refractivity contribution in [3.8, 4) is 5.75 Å². The van der Waals surface area contributed by atoms with Crippen molar-refractivity contribution in [2.24, 2.45) is 0 Å². The summed E-state index contributed by atoms with van der Waals surface area (Å²) in [7, 11) is 0. The molecule has 0 aromatic heterocycles. The van der Waals surface area contributed by atoms with Crippen LogP contribution in [0.2, 0.25) is 10.0 Å². The van der Waals surface area contributed by atoms with E-state index in [0.29, 0.717) is 13.0 Å². The Bertz CT molecular complexity index is 497. The fourth-order valence-corrected chi connectivity index (χ4v) is 2.38. The first kappa shape index (κ1) is 19.8. The maximum Gasteiger partial charge on any atom is 0.311 e. The molecule has 128 valence electrons. The van der Waals surface area contributed by atoms with E-state index < -0.39 is 5.97 Å².